The van der Waals surface area contributed by atoms with Crippen molar-refractivity contribution in [2.24, 2.45) is 11.8 Å². The van der Waals surface area contributed by atoms with Crippen LogP contribution in [0.15, 0.2) is 36.4 Å². The largest absolute Gasteiger partial charge is 0.465 e. The predicted molar refractivity (Wildman–Crippen MR) is 93.1 cm³/mol. The summed E-state index contributed by atoms with van der Waals surface area (Å²) in [5.41, 5.74) is 1.25. The quantitative estimate of drug-likeness (QED) is 0.469. The summed E-state index contributed by atoms with van der Waals surface area (Å²) in [6.45, 7) is 4.90. The molecule has 5 nitrogen and oxygen atoms in total. The minimum atomic E-state index is -0.695. The Bertz CT molecular complexity index is 743. The number of anilines is 1. The highest BCUT2D eigenvalue weighted by atomic mass is 16.6. The lowest BCUT2D eigenvalue weighted by Crippen LogP contribution is -2.40. The van der Waals surface area contributed by atoms with Gasteiger partial charge < -0.3 is 14.4 Å². The Labute approximate surface area is 147 Å². The van der Waals surface area contributed by atoms with Crippen molar-refractivity contribution >= 4 is 17.6 Å². The lowest BCUT2D eigenvalue weighted by Gasteiger charge is -2.22. The second-order valence-electron chi connectivity index (χ2n) is 7.18. The molecule has 0 N–H and O–H groups in total. The van der Waals surface area contributed by atoms with E-state index in [2.05, 4.69) is 0 Å². The number of ether oxygens (including phenoxy) is 2. The first-order valence-corrected chi connectivity index (χ1v) is 8.97. The van der Waals surface area contributed by atoms with Crippen molar-refractivity contribution in [1.82, 2.24) is 0 Å². The third kappa shape index (κ3) is 2.49. The summed E-state index contributed by atoms with van der Waals surface area (Å²) >= 11 is 0. The van der Waals surface area contributed by atoms with Gasteiger partial charge in [0.2, 0.25) is 5.91 Å². The highest BCUT2D eigenvalue weighted by Gasteiger charge is 2.67. The van der Waals surface area contributed by atoms with Crippen LogP contribution in [0.4, 0.5) is 5.69 Å². The normalized spacial score (nSPS) is 32.3. The van der Waals surface area contributed by atoms with Gasteiger partial charge in [-0.3, -0.25) is 9.59 Å². The molecule has 4 atom stereocenters. The highest BCUT2D eigenvalue weighted by Crippen LogP contribution is 2.52. The molecule has 3 aliphatic heterocycles. The van der Waals surface area contributed by atoms with Crippen LogP contribution >= 0.6 is 0 Å². The zero-order valence-electron chi connectivity index (χ0n) is 14.6. The van der Waals surface area contributed by atoms with Crippen LogP contribution < -0.4 is 4.90 Å². The molecule has 4 rings (SSSR count). The molecular formula is C20H23NO4. The summed E-state index contributed by atoms with van der Waals surface area (Å²) in [4.78, 5) is 27.5. The van der Waals surface area contributed by atoms with E-state index in [9.17, 15) is 9.59 Å². The molecule has 0 aliphatic carbocycles. The summed E-state index contributed by atoms with van der Waals surface area (Å²) in [5.74, 6) is -1.38. The van der Waals surface area contributed by atoms with E-state index < -0.39 is 17.4 Å². The number of fused-ring (bicyclic) bond motifs is 1. The van der Waals surface area contributed by atoms with Gasteiger partial charge >= 0.3 is 5.97 Å². The molecule has 2 bridgehead atoms. The Balaban J connectivity index is 1.60. The van der Waals surface area contributed by atoms with E-state index in [0.29, 0.717) is 13.2 Å². The molecule has 2 fully saturated rings. The van der Waals surface area contributed by atoms with E-state index in [1.54, 1.807) is 4.90 Å². The number of amides is 1. The first-order chi connectivity index (χ1) is 12.1. The van der Waals surface area contributed by atoms with E-state index in [4.69, 9.17) is 9.47 Å². The molecule has 5 heteroatoms. The van der Waals surface area contributed by atoms with Crippen molar-refractivity contribution in [3.05, 3.63) is 42.0 Å². The smallest absolute Gasteiger partial charge is 0.312 e. The summed E-state index contributed by atoms with van der Waals surface area (Å²) in [6.07, 6.45) is 5.33. The Morgan fingerprint density at radius 2 is 2.28 bits per heavy atom. The van der Waals surface area contributed by atoms with Crippen molar-refractivity contribution in [2.45, 2.75) is 38.4 Å². The molecule has 3 heterocycles. The number of hydrogen-bond acceptors (Lipinski definition) is 4. The Morgan fingerprint density at radius 3 is 3.04 bits per heavy atom. The molecular weight excluding hydrogens is 318 g/mol. The van der Waals surface area contributed by atoms with Crippen LogP contribution in [0.1, 0.15) is 25.3 Å². The average molecular weight is 341 g/mol. The van der Waals surface area contributed by atoms with Crippen LogP contribution in [0.5, 0.6) is 0 Å². The van der Waals surface area contributed by atoms with Crippen molar-refractivity contribution in [2.75, 3.05) is 18.1 Å². The fraction of sp³-hybridized carbons (Fsp3) is 0.500. The molecule has 3 aliphatic rings. The van der Waals surface area contributed by atoms with Gasteiger partial charge in [-0.15, -0.1) is 0 Å². The topological polar surface area (TPSA) is 55.8 Å². The van der Waals surface area contributed by atoms with Gasteiger partial charge in [0, 0.05) is 5.69 Å². The second-order valence-corrected chi connectivity index (χ2v) is 7.18. The van der Waals surface area contributed by atoms with Crippen molar-refractivity contribution in [3.63, 3.8) is 0 Å². The first-order valence-electron chi connectivity index (χ1n) is 8.97. The molecule has 132 valence electrons. The number of esters is 1. The van der Waals surface area contributed by atoms with Crippen LogP contribution in [-0.4, -0.2) is 36.7 Å². The number of hydrogen-bond donors (Lipinski definition) is 0. The first kappa shape index (κ1) is 16.3. The van der Waals surface area contributed by atoms with Crippen LogP contribution in [0.25, 0.3) is 0 Å². The third-order valence-electron chi connectivity index (χ3n) is 5.43. The van der Waals surface area contributed by atoms with Crippen LogP contribution in [0.3, 0.4) is 0 Å². The third-order valence-corrected chi connectivity index (χ3v) is 5.43. The summed E-state index contributed by atoms with van der Waals surface area (Å²) < 4.78 is 11.5. The molecule has 0 radical (unpaired) electrons. The molecule has 0 aromatic heterocycles. The average Bonchev–Trinajstić information content (AvgIpc) is 3.23. The summed E-state index contributed by atoms with van der Waals surface area (Å²) in [7, 11) is 0. The number of nitrogens with zero attached hydrogens (tertiary/aromatic N) is 1. The van der Waals surface area contributed by atoms with E-state index >= 15 is 0 Å². The van der Waals surface area contributed by atoms with Crippen LogP contribution in [0, 0.1) is 18.8 Å². The van der Waals surface area contributed by atoms with Gasteiger partial charge in [-0.25, -0.2) is 0 Å². The lowest BCUT2D eigenvalue weighted by atomic mass is 9.77. The van der Waals surface area contributed by atoms with E-state index in [-0.39, 0.29) is 18.0 Å². The fourth-order valence-corrected chi connectivity index (χ4v) is 4.20. The fourth-order valence-electron chi connectivity index (χ4n) is 4.20. The SMILES string of the molecule is CCCCOC(=O)[C@H]1[C@@H]2C=C[C@@]3(CN(c4cccc(C)c4)C(=O)[C@H]13)O2. The van der Waals surface area contributed by atoms with Crippen LogP contribution in [-0.2, 0) is 19.1 Å². The summed E-state index contributed by atoms with van der Waals surface area (Å²) in [5, 5.41) is 0. The number of unbranched alkanes of at least 4 members (excludes halogenated alkanes) is 1. The number of carbonyl (C=O) groups is 2. The molecule has 1 amide bonds. The van der Waals surface area contributed by atoms with Gasteiger partial charge in [-0.1, -0.05) is 37.6 Å². The maximum atomic E-state index is 13.1. The summed E-state index contributed by atoms with van der Waals surface area (Å²) in [6, 6.07) is 7.85. The van der Waals surface area contributed by atoms with E-state index in [1.807, 2.05) is 50.3 Å². The van der Waals surface area contributed by atoms with Gasteiger partial charge in [0.25, 0.3) is 0 Å². The van der Waals surface area contributed by atoms with Crippen LogP contribution in [0.2, 0.25) is 0 Å². The molecule has 0 saturated carbocycles. The van der Waals surface area contributed by atoms with Gasteiger partial charge in [-0.05, 0) is 31.0 Å². The van der Waals surface area contributed by atoms with Gasteiger partial charge in [0.05, 0.1) is 25.2 Å². The van der Waals surface area contributed by atoms with Crippen molar-refractivity contribution < 1.29 is 19.1 Å². The molecule has 2 saturated heterocycles. The van der Waals surface area contributed by atoms with Gasteiger partial charge in [-0.2, -0.15) is 0 Å². The van der Waals surface area contributed by atoms with Gasteiger partial charge in [0.15, 0.2) is 0 Å². The highest BCUT2D eigenvalue weighted by molar-refractivity contribution is 6.02. The zero-order valence-corrected chi connectivity index (χ0v) is 14.6. The second kappa shape index (κ2) is 5.99. The van der Waals surface area contributed by atoms with Crippen molar-refractivity contribution in [3.8, 4) is 0 Å². The monoisotopic (exact) mass is 341 g/mol. The molecule has 1 aromatic rings. The van der Waals surface area contributed by atoms with Crippen molar-refractivity contribution in [1.29, 1.82) is 0 Å². The Kier molecular flexibility index (Phi) is 3.91. The maximum absolute atomic E-state index is 13.1. The number of benzene rings is 1. The maximum Gasteiger partial charge on any atom is 0.312 e. The molecule has 1 aromatic carbocycles. The molecule has 25 heavy (non-hydrogen) atoms. The zero-order chi connectivity index (χ0) is 17.6. The number of aryl methyl sites for hydroxylation is 1. The standard InChI is InChI=1S/C20H23NO4/c1-3-4-10-24-19(23)16-15-8-9-20(25-15)12-21(18(22)17(16)20)14-7-5-6-13(2)11-14/h5-9,11,15-17H,3-4,10,12H2,1-2H3/t15-,16-,17-,20-/m0/s1. The predicted octanol–water partition coefficient (Wildman–Crippen LogP) is 2.62. The van der Waals surface area contributed by atoms with E-state index in [1.165, 1.54) is 0 Å². The lowest BCUT2D eigenvalue weighted by molar-refractivity contribution is -0.152. The Morgan fingerprint density at radius 1 is 1.44 bits per heavy atom. The minimum absolute atomic E-state index is 0.0464. The minimum Gasteiger partial charge on any atom is -0.465 e. The number of rotatable bonds is 5. The van der Waals surface area contributed by atoms with Gasteiger partial charge in [0.1, 0.15) is 11.5 Å². The number of carbonyl (C=O) groups excluding carboxylic acids is 2. The molecule has 1 spiro atoms. The van der Waals surface area contributed by atoms with E-state index in [0.717, 1.165) is 24.1 Å². The Hall–Kier alpha value is -2.14. The molecule has 0 unspecified atom stereocenters.